The molecule has 1 heterocycles. The van der Waals surface area contributed by atoms with Crippen molar-refractivity contribution >= 4 is 28.4 Å². The SMILES string of the molecule is CCn1c(-c2ccccc2)c(C(=O)COC(=O)C2CC3CCCC(C2)C3=O)c2ccccc21. The highest BCUT2D eigenvalue weighted by Gasteiger charge is 2.42. The van der Waals surface area contributed by atoms with Crippen LogP contribution in [-0.4, -0.2) is 28.7 Å². The van der Waals surface area contributed by atoms with Crippen molar-refractivity contribution in [3.05, 3.63) is 60.2 Å². The monoisotopic (exact) mass is 443 g/mol. The molecule has 0 saturated heterocycles. The minimum absolute atomic E-state index is 0.0158. The van der Waals surface area contributed by atoms with Crippen molar-refractivity contribution in [3.63, 3.8) is 0 Å². The molecule has 3 aromatic rings. The van der Waals surface area contributed by atoms with Gasteiger partial charge in [-0.25, -0.2) is 0 Å². The summed E-state index contributed by atoms with van der Waals surface area (Å²) in [6.45, 7) is 2.50. The van der Waals surface area contributed by atoms with Gasteiger partial charge in [0.25, 0.3) is 0 Å². The van der Waals surface area contributed by atoms with Gasteiger partial charge in [-0.05, 0) is 44.2 Å². The minimum atomic E-state index is -0.340. The molecule has 2 saturated carbocycles. The normalized spacial score (nSPS) is 22.3. The second-order valence-electron chi connectivity index (χ2n) is 9.28. The third kappa shape index (κ3) is 3.90. The maximum atomic E-state index is 13.5. The Kier molecular flexibility index (Phi) is 5.88. The van der Waals surface area contributed by atoms with Gasteiger partial charge in [0.05, 0.1) is 17.2 Å². The van der Waals surface area contributed by atoms with Gasteiger partial charge in [-0.1, -0.05) is 55.0 Å². The number of aromatic nitrogens is 1. The van der Waals surface area contributed by atoms with Gasteiger partial charge in [0.15, 0.2) is 6.61 Å². The number of rotatable bonds is 6. The van der Waals surface area contributed by atoms with Crippen LogP contribution in [0.1, 0.15) is 49.4 Å². The van der Waals surface area contributed by atoms with Gasteiger partial charge in [0.2, 0.25) is 5.78 Å². The molecule has 5 nitrogen and oxygen atoms in total. The van der Waals surface area contributed by atoms with Crippen LogP contribution < -0.4 is 0 Å². The Morgan fingerprint density at radius 3 is 2.33 bits per heavy atom. The van der Waals surface area contributed by atoms with E-state index in [0.717, 1.165) is 48.0 Å². The number of carbonyl (C=O) groups is 3. The maximum absolute atomic E-state index is 13.5. The summed E-state index contributed by atoms with van der Waals surface area (Å²) in [5.74, 6) is -0.528. The molecule has 33 heavy (non-hydrogen) atoms. The molecule has 2 bridgehead atoms. The number of fused-ring (bicyclic) bond motifs is 3. The molecule has 0 spiro atoms. The standard InChI is InChI=1S/C28H29NO4/c1-2-29-23-14-7-6-13-22(23)25(26(29)18-9-4-3-5-10-18)24(30)17-33-28(32)21-15-19-11-8-12-20(16-21)27(19)31/h3-7,9-10,13-14,19-21H,2,8,11-12,15-17H2,1H3. The topological polar surface area (TPSA) is 65.4 Å². The van der Waals surface area contributed by atoms with E-state index in [1.54, 1.807) is 0 Å². The minimum Gasteiger partial charge on any atom is -0.457 e. The molecule has 170 valence electrons. The van der Waals surface area contributed by atoms with Crippen LogP contribution in [0.4, 0.5) is 0 Å². The third-order valence-corrected chi connectivity index (χ3v) is 7.34. The highest BCUT2D eigenvalue weighted by Crippen LogP contribution is 2.40. The van der Waals surface area contributed by atoms with Gasteiger partial charge in [0, 0.05) is 29.3 Å². The smallest absolute Gasteiger partial charge is 0.309 e. The van der Waals surface area contributed by atoms with Crippen molar-refractivity contribution < 1.29 is 19.1 Å². The summed E-state index contributed by atoms with van der Waals surface area (Å²) in [5.41, 5.74) is 3.41. The van der Waals surface area contributed by atoms with Crippen LogP contribution >= 0.6 is 0 Å². The lowest BCUT2D eigenvalue weighted by molar-refractivity contribution is -0.152. The summed E-state index contributed by atoms with van der Waals surface area (Å²) in [5, 5.41) is 0.872. The third-order valence-electron chi connectivity index (χ3n) is 7.34. The molecule has 2 atom stereocenters. The lowest BCUT2D eigenvalue weighted by atomic mass is 9.67. The highest BCUT2D eigenvalue weighted by molar-refractivity contribution is 6.14. The van der Waals surface area contributed by atoms with Crippen LogP contribution in [0, 0.1) is 17.8 Å². The Hall–Kier alpha value is -3.21. The molecule has 2 aromatic carbocycles. The van der Waals surface area contributed by atoms with E-state index in [1.165, 1.54) is 0 Å². The molecular formula is C28H29NO4. The molecule has 5 rings (SSSR count). The van der Waals surface area contributed by atoms with Crippen molar-refractivity contribution in [2.24, 2.45) is 17.8 Å². The van der Waals surface area contributed by atoms with Crippen molar-refractivity contribution in [3.8, 4) is 11.3 Å². The van der Waals surface area contributed by atoms with Gasteiger partial charge in [-0.15, -0.1) is 0 Å². The fourth-order valence-electron chi connectivity index (χ4n) is 5.81. The molecule has 2 aliphatic carbocycles. The number of carbonyl (C=O) groups excluding carboxylic acids is 3. The highest BCUT2D eigenvalue weighted by atomic mass is 16.5. The Morgan fingerprint density at radius 2 is 1.64 bits per heavy atom. The van der Waals surface area contributed by atoms with E-state index < -0.39 is 0 Å². The summed E-state index contributed by atoms with van der Waals surface area (Å²) < 4.78 is 7.72. The molecule has 5 heteroatoms. The van der Waals surface area contributed by atoms with Crippen LogP contribution in [0.15, 0.2) is 54.6 Å². The largest absolute Gasteiger partial charge is 0.457 e. The van der Waals surface area contributed by atoms with E-state index in [2.05, 4.69) is 11.5 Å². The van der Waals surface area contributed by atoms with Crippen LogP contribution in [0.2, 0.25) is 0 Å². The number of benzene rings is 2. The zero-order valence-corrected chi connectivity index (χ0v) is 19.0. The fraction of sp³-hybridized carbons (Fsp3) is 0.393. The molecule has 1 aromatic heterocycles. The van der Waals surface area contributed by atoms with Crippen molar-refractivity contribution in [1.29, 1.82) is 0 Å². The molecule has 2 aliphatic rings. The van der Waals surface area contributed by atoms with E-state index in [4.69, 9.17) is 4.74 Å². The number of aryl methyl sites for hydroxylation is 1. The molecule has 0 N–H and O–H groups in total. The van der Waals surface area contributed by atoms with Gasteiger partial charge < -0.3 is 9.30 Å². The predicted octanol–water partition coefficient (Wildman–Crippen LogP) is 5.45. The van der Waals surface area contributed by atoms with Crippen molar-refractivity contribution in [2.45, 2.75) is 45.6 Å². The number of esters is 1. The molecule has 0 radical (unpaired) electrons. The number of hydrogen-bond donors (Lipinski definition) is 0. The van der Waals surface area contributed by atoms with Gasteiger partial charge >= 0.3 is 5.97 Å². The van der Waals surface area contributed by atoms with Gasteiger partial charge in [-0.2, -0.15) is 0 Å². The van der Waals surface area contributed by atoms with Crippen molar-refractivity contribution in [1.82, 2.24) is 4.57 Å². The first-order valence-corrected chi connectivity index (χ1v) is 12.0. The molecule has 2 unspecified atom stereocenters. The summed E-state index contributed by atoms with van der Waals surface area (Å²) in [4.78, 5) is 38.7. The number of hydrogen-bond acceptors (Lipinski definition) is 4. The van der Waals surface area contributed by atoms with Crippen LogP contribution in [0.3, 0.4) is 0 Å². The quantitative estimate of drug-likeness (QED) is 0.375. The Bertz CT molecular complexity index is 1190. The predicted molar refractivity (Wildman–Crippen MR) is 127 cm³/mol. The second-order valence-corrected chi connectivity index (χ2v) is 9.28. The first kappa shape index (κ1) is 21.6. The Balaban J connectivity index is 1.41. The summed E-state index contributed by atoms with van der Waals surface area (Å²) >= 11 is 0. The number of Topliss-reactive ketones (excluding diaryl/α,β-unsaturated/α-hetero) is 2. The first-order valence-electron chi connectivity index (χ1n) is 12.0. The molecule has 0 aliphatic heterocycles. The van der Waals surface area contributed by atoms with Crippen molar-refractivity contribution in [2.75, 3.05) is 6.61 Å². The maximum Gasteiger partial charge on any atom is 0.309 e. The van der Waals surface area contributed by atoms with Gasteiger partial charge in [-0.3, -0.25) is 14.4 Å². The zero-order valence-electron chi connectivity index (χ0n) is 19.0. The molecular weight excluding hydrogens is 414 g/mol. The second kappa shape index (κ2) is 8.97. The summed E-state index contributed by atoms with van der Waals surface area (Å²) in [6.07, 6.45) is 3.93. The van der Waals surface area contributed by atoms with E-state index >= 15 is 0 Å². The van der Waals surface area contributed by atoms with E-state index in [9.17, 15) is 14.4 Å². The number of ether oxygens (including phenoxy) is 1. The lowest BCUT2D eigenvalue weighted by Gasteiger charge is -2.36. The lowest BCUT2D eigenvalue weighted by Crippen LogP contribution is -2.39. The molecule has 0 amide bonds. The van der Waals surface area contributed by atoms with E-state index in [-0.39, 0.29) is 36.1 Å². The fourth-order valence-corrected chi connectivity index (χ4v) is 5.81. The average molecular weight is 444 g/mol. The van der Waals surface area contributed by atoms with Crippen LogP contribution in [0.5, 0.6) is 0 Å². The first-order chi connectivity index (χ1) is 16.1. The zero-order chi connectivity index (χ0) is 22.9. The Labute approximate surface area is 193 Å². The van der Waals surface area contributed by atoms with E-state index in [1.807, 2.05) is 54.6 Å². The summed E-state index contributed by atoms with van der Waals surface area (Å²) in [7, 11) is 0. The number of para-hydroxylation sites is 1. The van der Waals surface area contributed by atoms with Gasteiger partial charge in [0.1, 0.15) is 5.78 Å². The van der Waals surface area contributed by atoms with Crippen LogP contribution in [-0.2, 0) is 20.9 Å². The number of ketones is 2. The van der Waals surface area contributed by atoms with E-state index in [0.29, 0.717) is 24.2 Å². The average Bonchev–Trinajstić information content (AvgIpc) is 3.17. The van der Waals surface area contributed by atoms with Crippen LogP contribution in [0.25, 0.3) is 22.2 Å². The summed E-state index contributed by atoms with van der Waals surface area (Å²) in [6, 6.07) is 17.8. The molecule has 2 fully saturated rings. The number of nitrogens with zero attached hydrogens (tertiary/aromatic N) is 1. The Morgan fingerprint density at radius 1 is 0.970 bits per heavy atom.